The van der Waals surface area contributed by atoms with E-state index in [0.717, 1.165) is 5.56 Å². The maximum Gasteiger partial charge on any atom is 0.457 e. The molecule has 1 N–H and O–H groups in total. The zero-order valence-electron chi connectivity index (χ0n) is 11.8. The van der Waals surface area contributed by atoms with Crippen LogP contribution >= 0.6 is 0 Å². The molecule has 0 radical (unpaired) electrons. The molecule has 0 atom stereocenters. The Balaban J connectivity index is 2.35. The van der Waals surface area contributed by atoms with E-state index in [1.165, 1.54) is 0 Å². The van der Waals surface area contributed by atoms with Gasteiger partial charge in [0.15, 0.2) is 5.78 Å². The van der Waals surface area contributed by atoms with Crippen molar-refractivity contribution in [1.29, 1.82) is 0 Å². The number of hydrogen-bond acceptors (Lipinski definition) is 3. The third-order valence-electron chi connectivity index (χ3n) is 2.68. The number of anilines is 1. The number of rotatable bonds is 7. The van der Waals surface area contributed by atoms with Crippen molar-refractivity contribution in [3.63, 3.8) is 0 Å². The van der Waals surface area contributed by atoms with Gasteiger partial charge >= 0.3 is 12.1 Å². The standard InChI is InChI=1S/C14H15F5N2O/c1-10-5-8-21-12(9-10)20-7-2-3-11(22)4-6-13(15,16)14(17,18)19/h4-6,8-9H,2-3,7H2,1H3,(H,20,21)/b6-4+. The van der Waals surface area contributed by atoms with Gasteiger partial charge in [0.1, 0.15) is 5.82 Å². The predicted octanol–water partition coefficient (Wildman–Crippen LogP) is 3.91. The van der Waals surface area contributed by atoms with Crippen molar-refractivity contribution in [3.05, 3.63) is 36.0 Å². The molecule has 22 heavy (non-hydrogen) atoms. The van der Waals surface area contributed by atoms with Crippen LogP contribution in [0.25, 0.3) is 0 Å². The third kappa shape index (κ3) is 5.79. The number of pyridine rings is 1. The monoisotopic (exact) mass is 322 g/mol. The highest BCUT2D eigenvalue weighted by molar-refractivity contribution is 5.89. The van der Waals surface area contributed by atoms with E-state index in [4.69, 9.17) is 0 Å². The largest absolute Gasteiger partial charge is 0.457 e. The van der Waals surface area contributed by atoms with Crippen molar-refractivity contribution in [3.8, 4) is 0 Å². The second-order valence-corrected chi connectivity index (χ2v) is 4.67. The lowest BCUT2D eigenvalue weighted by molar-refractivity contribution is -0.259. The molecule has 0 spiro atoms. The number of aryl methyl sites for hydroxylation is 1. The molecule has 0 amide bonds. The molecule has 0 bridgehead atoms. The molecular weight excluding hydrogens is 307 g/mol. The van der Waals surface area contributed by atoms with Gasteiger partial charge < -0.3 is 5.32 Å². The molecule has 0 aliphatic heterocycles. The Hall–Kier alpha value is -1.99. The van der Waals surface area contributed by atoms with E-state index in [1.54, 1.807) is 18.3 Å². The van der Waals surface area contributed by atoms with Crippen LogP contribution in [0.2, 0.25) is 0 Å². The van der Waals surface area contributed by atoms with Gasteiger partial charge in [-0.3, -0.25) is 4.79 Å². The molecule has 0 fully saturated rings. The maximum atomic E-state index is 12.6. The number of ketones is 1. The topological polar surface area (TPSA) is 42.0 Å². The summed E-state index contributed by atoms with van der Waals surface area (Å²) in [5, 5.41) is 2.92. The first kappa shape index (κ1) is 18.1. The fourth-order valence-electron chi connectivity index (χ4n) is 1.49. The minimum Gasteiger partial charge on any atom is -0.370 e. The van der Waals surface area contributed by atoms with Gasteiger partial charge in [-0.05, 0) is 43.2 Å². The van der Waals surface area contributed by atoms with Crippen LogP contribution in [-0.2, 0) is 4.79 Å². The number of halogens is 5. The molecule has 0 saturated heterocycles. The van der Waals surface area contributed by atoms with Gasteiger partial charge in [-0.2, -0.15) is 22.0 Å². The Labute approximate surface area is 124 Å². The number of aromatic nitrogens is 1. The molecule has 122 valence electrons. The Morgan fingerprint density at radius 3 is 2.59 bits per heavy atom. The number of hydrogen-bond donors (Lipinski definition) is 1. The van der Waals surface area contributed by atoms with Gasteiger partial charge in [0, 0.05) is 19.2 Å². The van der Waals surface area contributed by atoms with Gasteiger partial charge in [-0.1, -0.05) is 0 Å². The molecule has 0 aliphatic carbocycles. The second kappa shape index (κ2) is 7.33. The van der Waals surface area contributed by atoms with E-state index in [0.29, 0.717) is 12.4 Å². The summed E-state index contributed by atoms with van der Waals surface area (Å²) in [6, 6.07) is 3.59. The first-order valence-corrected chi connectivity index (χ1v) is 6.45. The van der Waals surface area contributed by atoms with Crippen LogP contribution in [0.15, 0.2) is 30.5 Å². The fourth-order valence-corrected chi connectivity index (χ4v) is 1.49. The molecule has 1 rings (SSSR count). The highest BCUT2D eigenvalue weighted by Gasteiger charge is 2.55. The summed E-state index contributed by atoms with van der Waals surface area (Å²) < 4.78 is 60.8. The van der Waals surface area contributed by atoms with Crippen molar-refractivity contribution < 1.29 is 26.7 Å². The molecule has 0 unspecified atom stereocenters. The van der Waals surface area contributed by atoms with Crippen LogP contribution in [0, 0.1) is 6.92 Å². The van der Waals surface area contributed by atoms with Gasteiger partial charge in [-0.15, -0.1) is 0 Å². The predicted molar refractivity (Wildman–Crippen MR) is 71.8 cm³/mol. The molecule has 1 aromatic heterocycles. The zero-order chi connectivity index (χ0) is 16.8. The van der Waals surface area contributed by atoms with Crippen LogP contribution in [0.1, 0.15) is 18.4 Å². The molecule has 0 saturated carbocycles. The Morgan fingerprint density at radius 1 is 1.32 bits per heavy atom. The molecule has 3 nitrogen and oxygen atoms in total. The van der Waals surface area contributed by atoms with Gasteiger partial charge in [0.2, 0.25) is 0 Å². The van der Waals surface area contributed by atoms with Gasteiger partial charge in [0.05, 0.1) is 0 Å². The van der Waals surface area contributed by atoms with Crippen LogP contribution in [0.4, 0.5) is 27.8 Å². The highest BCUT2D eigenvalue weighted by Crippen LogP contribution is 2.36. The highest BCUT2D eigenvalue weighted by atomic mass is 19.4. The van der Waals surface area contributed by atoms with Gasteiger partial charge in [-0.25, -0.2) is 4.98 Å². The summed E-state index contributed by atoms with van der Waals surface area (Å²) in [5.74, 6) is -5.18. The molecule has 1 aromatic rings. The smallest absolute Gasteiger partial charge is 0.370 e. The van der Waals surface area contributed by atoms with E-state index < -0.39 is 24.0 Å². The molecule has 0 aromatic carbocycles. The van der Waals surface area contributed by atoms with E-state index in [2.05, 4.69) is 10.3 Å². The van der Waals surface area contributed by atoms with Crippen LogP contribution in [-0.4, -0.2) is 29.4 Å². The molecule has 0 aliphatic rings. The van der Waals surface area contributed by atoms with E-state index in [1.807, 2.05) is 6.92 Å². The van der Waals surface area contributed by atoms with Crippen LogP contribution in [0.5, 0.6) is 0 Å². The normalized spacial score (nSPS) is 12.6. The number of nitrogens with one attached hydrogen (secondary N) is 1. The minimum atomic E-state index is -5.69. The minimum absolute atomic E-state index is 0.136. The van der Waals surface area contributed by atoms with Crippen LogP contribution in [0.3, 0.4) is 0 Å². The Bertz CT molecular complexity index is 540. The number of nitrogens with zero attached hydrogens (tertiary/aromatic N) is 1. The zero-order valence-corrected chi connectivity index (χ0v) is 11.8. The van der Waals surface area contributed by atoms with E-state index in [-0.39, 0.29) is 18.9 Å². The van der Waals surface area contributed by atoms with Gasteiger partial charge in [0.25, 0.3) is 0 Å². The summed E-state index contributed by atoms with van der Waals surface area (Å²) in [6.07, 6.45) is -4.07. The summed E-state index contributed by atoms with van der Waals surface area (Å²) >= 11 is 0. The summed E-state index contributed by atoms with van der Waals surface area (Å²) in [5.41, 5.74) is 0.992. The molecule has 1 heterocycles. The maximum absolute atomic E-state index is 12.6. The number of carbonyl (C=O) groups excluding carboxylic acids is 1. The van der Waals surface area contributed by atoms with Crippen molar-refractivity contribution in [1.82, 2.24) is 4.98 Å². The van der Waals surface area contributed by atoms with Crippen molar-refractivity contribution >= 4 is 11.6 Å². The second-order valence-electron chi connectivity index (χ2n) is 4.67. The Morgan fingerprint density at radius 2 is 2.00 bits per heavy atom. The lowest BCUT2D eigenvalue weighted by Gasteiger charge is -2.14. The van der Waals surface area contributed by atoms with Crippen LogP contribution < -0.4 is 5.32 Å². The first-order valence-electron chi connectivity index (χ1n) is 6.45. The molecule has 8 heteroatoms. The average molecular weight is 322 g/mol. The van der Waals surface area contributed by atoms with Crippen molar-refractivity contribution in [2.45, 2.75) is 31.9 Å². The molecular formula is C14H15F5N2O. The fraction of sp³-hybridized carbons (Fsp3) is 0.429. The average Bonchev–Trinajstić information content (AvgIpc) is 2.40. The quantitative estimate of drug-likeness (QED) is 0.470. The Kier molecular flexibility index (Phi) is 6.01. The van der Waals surface area contributed by atoms with E-state index in [9.17, 15) is 26.7 Å². The van der Waals surface area contributed by atoms with Crippen molar-refractivity contribution in [2.75, 3.05) is 11.9 Å². The summed E-state index contributed by atoms with van der Waals surface area (Å²) in [7, 11) is 0. The first-order chi connectivity index (χ1) is 10.1. The third-order valence-corrected chi connectivity index (χ3v) is 2.68. The number of allylic oxidation sites excluding steroid dienone is 2. The lowest BCUT2D eigenvalue weighted by atomic mass is 10.2. The number of alkyl halides is 5. The van der Waals surface area contributed by atoms with E-state index >= 15 is 0 Å². The van der Waals surface area contributed by atoms with Crippen molar-refractivity contribution in [2.24, 2.45) is 0 Å². The SMILES string of the molecule is Cc1ccnc(NCCCC(=O)/C=C/C(F)(F)C(F)(F)F)c1. The summed E-state index contributed by atoms with van der Waals surface area (Å²) in [6.45, 7) is 2.23. The lowest BCUT2D eigenvalue weighted by Crippen LogP contribution is -2.34. The summed E-state index contributed by atoms with van der Waals surface area (Å²) in [4.78, 5) is 15.3. The number of carbonyl (C=O) groups is 1.